The predicted octanol–water partition coefficient (Wildman–Crippen LogP) is 1.67. The molecule has 168 valence electrons. The van der Waals surface area contributed by atoms with Gasteiger partial charge in [-0.25, -0.2) is 9.97 Å². The van der Waals surface area contributed by atoms with Crippen LogP contribution in [0.2, 0.25) is 0 Å². The number of piperidine rings is 1. The van der Waals surface area contributed by atoms with Gasteiger partial charge in [-0.05, 0) is 57.0 Å². The van der Waals surface area contributed by atoms with E-state index in [2.05, 4.69) is 15.3 Å². The number of nitrogens with zero attached hydrogens (tertiary/aromatic N) is 4. The first-order valence-electron chi connectivity index (χ1n) is 10.2. The van der Waals surface area contributed by atoms with Gasteiger partial charge >= 0.3 is 0 Å². The van der Waals surface area contributed by atoms with E-state index in [1.54, 1.807) is 24.3 Å². The number of carbonyl (C=O) groups excluding carboxylic acids is 1. The van der Waals surface area contributed by atoms with Crippen molar-refractivity contribution in [2.45, 2.75) is 39.3 Å². The molecule has 1 amide bonds. The number of benzene rings is 1. The van der Waals surface area contributed by atoms with Crippen molar-refractivity contribution in [2.24, 2.45) is 0 Å². The lowest BCUT2D eigenvalue weighted by Crippen LogP contribution is -2.46. The molecule has 1 N–H and O–H groups in total. The maximum atomic E-state index is 12.4. The Morgan fingerprint density at radius 1 is 1.13 bits per heavy atom. The molecule has 9 nitrogen and oxygen atoms in total. The van der Waals surface area contributed by atoms with E-state index in [1.165, 1.54) is 22.7 Å². The fraction of sp³-hybridized carbons (Fsp3) is 0.476. The molecule has 0 atom stereocenters. The number of hydrogen-bond donors (Lipinski definition) is 1. The topological polar surface area (TPSA) is 105 Å². The van der Waals surface area contributed by atoms with Crippen molar-refractivity contribution in [3.8, 4) is 5.75 Å². The molecule has 0 unspecified atom stereocenters. The van der Waals surface area contributed by atoms with E-state index in [9.17, 15) is 13.2 Å². The Bertz CT molecular complexity index is 996. The third-order valence-corrected chi connectivity index (χ3v) is 6.98. The highest BCUT2D eigenvalue weighted by molar-refractivity contribution is 7.86. The van der Waals surface area contributed by atoms with Crippen LogP contribution in [-0.2, 0) is 16.8 Å². The van der Waals surface area contributed by atoms with Crippen molar-refractivity contribution < 1.29 is 17.9 Å². The Morgan fingerprint density at radius 2 is 1.71 bits per heavy atom. The second kappa shape index (κ2) is 9.71. The molecule has 0 bridgehead atoms. The third kappa shape index (κ3) is 5.99. The summed E-state index contributed by atoms with van der Waals surface area (Å²) in [6.07, 6.45) is 1.17. The first kappa shape index (κ1) is 23.1. The van der Waals surface area contributed by atoms with Gasteiger partial charge in [-0.3, -0.25) is 4.79 Å². The maximum Gasteiger partial charge on any atom is 0.281 e. The molecule has 1 saturated heterocycles. The fourth-order valence-corrected chi connectivity index (χ4v) is 4.56. The normalized spacial score (nSPS) is 15.8. The van der Waals surface area contributed by atoms with Gasteiger partial charge in [0.1, 0.15) is 17.7 Å². The Labute approximate surface area is 183 Å². The number of carbonyl (C=O) groups is 1. The summed E-state index contributed by atoms with van der Waals surface area (Å²) in [5.41, 5.74) is 2.25. The number of hydrogen-bond acceptors (Lipinski definition) is 6. The number of rotatable bonds is 7. The summed E-state index contributed by atoms with van der Waals surface area (Å²) in [6, 6.07) is 8.81. The highest BCUT2D eigenvalue weighted by Gasteiger charge is 2.30. The number of ether oxygens (including phenoxy) is 1. The summed E-state index contributed by atoms with van der Waals surface area (Å²) < 4.78 is 33.1. The van der Waals surface area contributed by atoms with E-state index in [0.29, 0.717) is 43.1 Å². The largest absolute Gasteiger partial charge is 0.490 e. The van der Waals surface area contributed by atoms with Crippen LogP contribution in [-0.4, -0.2) is 66.2 Å². The van der Waals surface area contributed by atoms with E-state index >= 15 is 0 Å². The summed E-state index contributed by atoms with van der Waals surface area (Å²) in [5, 5.41) is 2.83. The average molecular weight is 448 g/mol. The lowest BCUT2D eigenvalue weighted by molar-refractivity contribution is 0.0949. The molecule has 31 heavy (non-hydrogen) atoms. The van der Waals surface area contributed by atoms with Crippen LogP contribution in [0.3, 0.4) is 0 Å². The monoisotopic (exact) mass is 447 g/mol. The quantitative estimate of drug-likeness (QED) is 0.692. The van der Waals surface area contributed by atoms with Crippen molar-refractivity contribution in [1.82, 2.24) is 23.9 Å². The second-order valence-electron chi connectivity index (χ2n) is 7.78. The van der Waals surface area contributed by atoms with Crippen molar-refractivity contribution >= 4 is 16.1 Å². The molecular weight excluding hydrogens is 418 g/mol. The van der Waals surface area contributed by atoms with Crippen LogP contribution in [0.1, 0.15) is 40.4 Å². The van der Waals surface area contributed by atoms with E-state index in [4.69, 9.17) is 4.74 Å². The molecular formula is C21H29N5O4S. The van der Waals surface area contributed by atoms with E-state index in [0.717, 1.165) is 11.4 Å². The predicted molar refractivity (Wildman–Crippen MR) is 117 cm³/mol. The van der Waals surface area contributed by atoms with Gasteiger partial charge in [0.25, 0.3) is 16.1 Å². The highest BCUT2D eigenvalue weighted by Crippen LogP contribution is 2.21. The summed E-state index contributed by atoms with van der Waals surface area (Å²) in [7, 11) is -0.319. The van der Waals surface area contributed by atoms with Crippen LogP contribution in [0.25, 0.3) is 0 Å². The molecule has 2 heterocycles. The molecule has 0 radical (unpaired) electrons. The van der Waals surface area contributed by atoms with Gasteiger partial charge in [-0.15, -0.1) is 0 Å². The van der Waals surface area contributed by atoms with Crippen LogP contribution in [0.15, 0.2) is 30.3 Å². The first-order valence-corrected chi connectivity index (χ1v) is 11.6. The summed E-state index contributed by atoms with van der Waals surface area (Å²) in [6.45, 7) is 4.89. The minimum Gasteiger partial charge on any atom is -0.490 e. The van der Waals surface area contributed by atoms with Crippen LogP contribution in [0, 0.1) is 13.8 Å². The molecule has 3 rings (SSSR count). The number of nitrogens with one attached hydrogen (secondary N) is 1. The van der Waals surface area contributed by atoms with E-state index in [1.807, 2.05) is 19.9 Å². The fourth-order valence-electron chi connectivity index (χ4n) is 3.43. The second-order valence-corrected chi connectivity index (χ2v) is 9.92. The van der Waals surface area contributed by atoms with Gasteiger partial charge in [0.05, 0.1) is 6.54 Å². The molecule has 1 aromatic heterocycles. The minimum absolute atomic E-state index is 0.0602. The third-order valence-electron chi connectivity index (χ3n) is 5.04. The standard InChI is InChI=1S/C21H29N5O4S/c1-15-13-16(2)24-20(23-15)14-22-21(27)17-5-7-18(8-6-17)30-19-9-11-26(12-10-19)31(28,29)25(3)4/h5-8,13,19H,9-12,14H2,1-4H3,(H,22,27). The smallest absolute Gasteiger partial charge is 0.281 e. The summed E-state index contributed by atoms with van der Waals surface area (Å²) in [5.74, 6) is 1.02. The molecule has 1 aromatic carbocycles. The molecule has 0 saturated carbocycles. The zero-order chi connectivity index (χ0) is 22.6. The molecule has 10 heteroatoms. The van der Waals surface area contributed by atoms with Gasteiger partial charge in [0, 0.05) is 44.1 Å². The van der Waals surface area contributed by atoms with Crippen LogP contribution in [0.5, 0.6) is 5.75 Å². The Balaban J connectivity index is 1.50. The molecule has 1 fully saturated rings. The van der Waals surface area contributed by atoms with Gasteiger partial charge in [-0.2, -0.15) is 17.0 Å². The van der Waals surface area contributed by atoms with Gasteiger partial charge in [-0.1, -0.05) is 0 Å². The van der Waals surface area contributed by atoms with Gasteiger partial charge < -0.3 is 10.1 Å². The molecule has 2 aromatic rings. The lowest BCUT2D eigenvalue weighted by atomic mass is 10.1. The van der Waals surface area contributed by atoms with E-state index in [-0.39, 0.29) is 18.6 Å². The lowest BCUT2D eigenvalue weighted by Gasteiger charge is -2.32. The highest BCUT2D eigenvalue weighted by atomic mass is 32.2. The average Bonchev–Trinajstić information content (AvgIpc) is 2.72. The summed E-state index contributed by atoms with van der Waals surface area (Å²) >= 11 is 0. The van der Waals surface area contributed by atoms with Crippen molar-refractivity contribution in [2.75, 3.05) is 27.2 Å². The zero-order valence-corrected chi connectivity index (χ0v) is 19.1. The summed E-state index contributed by atoms with van der Waals surface area (Å²) in [4.78, 5) is 21.0. The van der Waals surface area contributed by atoms with Crippen LogP contribution < -0.4 is 10.1 Å². The zero-order valence-electron chi connectivity index (χ0n) is 18.3. The SMILES string of the molecule is Cc1cc(C)nc(CNC(=O)c2ccc(OC3CCN(S(=O)(=O)N(C)C)CC3)cc2)n1. The molecule has 1 aliphatic heterocycles. The van der Waals surface area contributed by atoms with Crippen LogP contribution in [0.4, 0.5) is 0 Å². The van der Waals surface area contributed by atoms with Crippen molar-refractivity contribution in [3.05, 3.63) is 53.1 Å². The Morgan fingerprint density at radius 3 is 2.26 bits per heavy atom. The Hall–Kier alpha value is -2.56. The number of amides is 1. The molecule has 1 aliphatic rings. The van der Waals surface area contributed by atoms with Gasteiger partial charge in [0.2, 0.25) is 0 Å². The maximum absolute atomic E-state index is 12.4. The Kier molecular flexibility index (Phi) is 7.24. The van der Waals surface area contributed by atoms with E-state index < -0.39 is 10.2 Å². The van der Waals surface area contributed by atoms with Crippen LogP contribution >= 0.6 is 0 Å². The molecule has 0 aliphatic carbocycles. The van der Waals surface area contributed by atoms with Gasteiger partial charge in [0.15, 0.2) is 0 Å². The minimum atomic E-state index is -3.38. The number of aromatic nitrogens is 2. The molecule has 0 spiro atoms. The number of aryl methyl sites for hydroxylation is 2. The first-order chi connectivity index (χ1) is 14.6. The van der Waals surface area contributed by atoms with Crippen molar-refractivity contribution in [1.29, 1.82) is 0 Å². The van der Waals surface area contributed by atoms with Crippen molar-refractivity contribution in [3.63, 3.8) is 0 Å².